The van der Waals surface area contributed by atoms with Crippen molar-refractivity contribution in [2.45, 2.75) is 13.8 Å². The Kier molecular flexibility index (Phi) is 5.53. The van der Waals surface area contributed by atoms with Gasteiger partial charge < -0.3 is 10.6 Å². The van der Waals surface area contributed by atoms with Gasteiger partial charge in [0.1, 0.15) is 5.16 Å². The van der Waals surface area contributed by atoms with Gasteiger partial charge in [-0.3, -0.25) is 0 Å². The molecule has 0 aliphatic heterocycles. The van der Waals surface area contributed by atoms with E-state index < -0.39 is 0 Å². The van der Waals surface area contributed by atoms with Crippen LogP contribution in [-0.2, 0) is 0 Å². The van der Waals surface area contributed by atoms with Crippen molar-refractivity contribution < 1.29 is 0 Å². The second-order valence-corrected chi connectivity index (χ2v) is 3.38. The van der Waals surface area contributed by atoms with Crippen LogP contribution in [0, 0.1) is 0 Å². The first-order valence-corrected chi connectivity index (χ1v) is 4.94. The normalized spacial score (nSPS) is 12.7. The summed E-state index contributed by atoms with van der Waals surface area (Å²) in [6.07, 6.45) is 0. The Bertz CT molecular complexity index is 111. The van der Waals surface area contributed by atoms with Crippen LogP contribution in [0.3, 0.4) is 0 Å². The van der Waals surface area contributed by atoms with Crippen molar-refractivity contribution in [1.29, 1.82) is 0 Å². The minimum Gasteiger partial charge on any atom is -0.391 e. The Balaban J connectivity index is 3.79. The van der Waals surface area contributed by atoms with E-state index in [1.165, 1.54) is 0 Å². The summed E-state index contributed by atoms with van der Waals surface area (Å²) in [5.41, 5.74) is 0. The molecule has 60 valence electrons. The standard InChI is InChI=1S/C6H15ClN2Si/c1-3-8-5(7)6(10)9-4-2/h8-9H,3-4H2,1-2,10H3. The Morgan fingerprint density at radius 2 is 1.80 bits per heavy atom. The highest BCUT2D eigenvalue weighted by Crippen LogP contribution is 1.98. The molecular formula is C6H15ClN2Si. The zero-order chi connectivity index (χ0) is 7.98. The maximum atomic E-state index is 5.85. The van der Waals surface area contributed by atoms with Crippen LogP contribution in [0.1, 0.15) is 13.8 Å². The van der Waals surface area contributed by atoms with Gasteiger partial charge in [0.05, 0.1) is 10.2 Å². The third-order valence-corrected chi connectivity index (χ3v) is 2.69. The topological polar surface area (TPSA) is 24.1 Å². The van der Waals surface area contributed by atoms with E-state index in [-0.39, 0.29) is 0 Å². The molecule has 0 spiro atoms. The van der Waals surface area contributed by atoms with Gasteiger partial charge in [0.25, 0.3) is 0 Å². The Labute approximate surface area is 70.4 Å². The summed E-state index contributed by atoms with van der Waals surface area (Å²) in [4.78, 5) is 0. The molecule has 0 amide bonds. The van der Waals surface area contributed by atoms with Crippen LogP contribution in [0.5, 0.6) is 0 Å². The van der Waals surface area contributed by atoms with Crippen LogP contribution >= 0.6 is 11.6 Å². The molecule has 0 unspecified atom stereocenters. The Morgan fingerprint density at radius 3 is 2.20 bits per heavy atom. The minimum atomic E-state index is 0.774. The van der Waals surface area contributed by atoms with Gasteiger partial charge in [-0.25, -0.2) is 0 Å². The molecule has 2 N–H and O–H groups in total. The third-order valence-electron chi connectivity index (χ3n) is 1.10. The van der Waals surface area contributed by atoms with Crippen LogP contribution in [-0.4, -0.2) is 23.3 Å². The fourth-order valence-corrected chi connectivity index (χ4v) is 1.36. The summed E-state index contributed by atoms with van der Waals surface area (Å²) in [6, 6.07) is 0. The van der Waals surface area contributed by atoms with Crippen LogP contribution in [0.2, 0.25) is 0 Å². The molecule has 0 aromatic rings. The zero-order valence-electron chi connectivity index (χ0n) is 6.79. The van der Waals surface area contributed by atoms with E-state index >= 15 is 0 Å². The first-order valence-electron chi connectivity index (χ1n) is 3.56. The molecule has 0 aliphatic carbocycles. The van der Waals surface area contributed by atoms with Gasteiger partial charge in [0, 0.05) is 18.4 Å². The fourth-order valence-electron chi connectivity index (χ4n) is 0.631. The number of halogens is 1. The summed E-state index contributed by atoms with van der Waals surface area (Å²) in [5, 5.41) is 8.14. The monoisotopic (exact) mass is 178 g/mol. The summed E-state index contributed by atoms with van der Waals surface area (Å²) in [7, 11) is 0.971. The van der Waals surface area contributed by atoms with Crippen molar-refractivity contribution in [2.24, 2.45) is 0 Å². The highest BCUT2D eigenvalue weighted by molar-refractivity contribution is 6.35. The van der Waals surface area contributed by atoms with Gasteiger partial charge >= 0.3 is 0 Å². The van der Waals surface area contributed by atoms with Gasteiger partial charge in [0.15, 0.2) is 0 Å². The molecule has 0 saturated carbocycles. The Hall–Kier alpha value is -0.153. The van der Waals surface area contributed by atoms with Crippen LogP contribution in [0.25, 0.3) is 0 Å². The highest BCUT2D eigenvalue weighted by Gasteiger charge is 1.93. The number of nitrogens with one attached hydrogen (secondary N) is 2. The molecule has 0 radical (unpaired) electrons. The molecule has 0 atom stereocenters. The zero-order valence-corrected chi connectivity index (χ0v) is 9.55. The lowest BCUT2D eigenvalue weighted by molar-refractivity contribution is 0.843. The average molecular weight is 179 g/mol. The average Bonchev–Trinajstić information content (AvgIpc) is 1.89. The van der Waals surface area contributed by atoms with E-state index in [1.54, 1.807) is 0 Å². The van der Waals surface area contributed by atoms with Crippen molar-refractivity contribution in [1.82, 2.24) is 10.6 Å². The molecule has 0 aliphatic rings. The lowest BCUT2D eigenvalue weighted by atomic mass is 10.7. The first-order chi connectivity index (χ1) is 4.72. The van der Waals surface area contributed by atoms with Crippen LogP contribution < -0.4 is 10.6 Å². The molecule has 0 bridgehead atoms. The van der Waals surface area contributed by atoms with Gasteiger partial charge in [-0.1, -0.05) is 11.6 Å². The molecule has 0 aromatic heterocycles. The van der Waals surface area contributed by atoms with Gasteiger partial charge in [-0.2, -0.15) is 0 Å². The summed E-state index contributed by atoms with van der Waals surface area (Å²) < 4.78 is 0. The number of hydrogen-bond acceptors (Lipinski definition) is 2. The lowest BCUT2D eigenvalue weighted by Crippen LogP contribution is -2.19. The maximum absolute atomic E-state index is 5.85. The summed E-state index contributed by atoms with van der Waals surface area (Å²) in [5.74, 6) is 0. The largest absolute Gasteiger partial charge is 0.391 e. The highest BCUT2D eigenvalue weighted by atomic mass is 35.5. The fraction of sp³-hybridized carbons (Fsp3) is 0.667. The van der Waals surface area contributed by atoms with Crippen molar-refractivity contribution in [3.05, 3.63) is 10.5 Å². The predicted octanol–water partition coefficient (Wildman–Crippen LogP) is -0.0638. The van der Waals surface area contributed by atoms with E-state index in [4.69, 9.17) is 11.6 Å². The second-order valence-electron chi connectivity index (χ2n) is 2.00. The van der Waals surface area contributed by atoms with E-state index in [1.807, 2.05) is 6.92 Å². The van der Waals surface area contributed by atoms with E-state index in [2.05, 4.69) is 17.6 Å². The van der Waals surface area contributed by atoms with E-state index in [0.717, 1.165) is 33.8 Å². The summed E-state index contributed by atoms with van der Waals surface area (Å²) >= 11 is 5.85. The molecule has 4 heteroatoms. The van der Waals surface area contributed by atoms with Crippen molar-refractivity contribution >= 4 is 21.8 Å². The molecular weight excluding hydrogens is 164 g/mol. The molecule has 0 fully saturated rings. The number of rotatable bonds is 4. The van der Waals surface area contributed by atoms with Gasteiger partial charge in [0.2, 0.25) is 0 Å². The van der Waals surface area contributed by atoms with Gasteiger partial charge in [-0.15, -0.1) is 0 Å². The molecule has 0 saturated heterocycles. The van der Waals surface area contributed by atoms with E-state index in [0.29, 0.717) is 0 Å². The molecule has 0 heterocycles. The van der Waals surface area contributed by atoms with E-state index in [9.17, 15) is 0 Å². The van der Waals surface area contributed by atoms with Crippen molar-refractivity contribution in [3.8, 4) is 0 Å². The van der Waals surface area contributed by atoms with Crippen molar-refractivity contribution in [2.75, 3.05) is 13.1 Å². The summed E-state index contributed by atoms with van der Waals surface area (Å²) in [6.45, 7) is 5.92. The van der Waals surface area contributed by atoms with Gasteiger partial charge in [-0.05, 0) is 13.8 Å². The minimum absolute atomic E-state index is 0.774. The maximum Gasteiger partial charge on any atom is 0.115 e. The smallest absolute Gasteiger partial charge is 0.115 e. The quantitative estimate of drug-likeness (QED) is 0.466. The number of hydrogen-bond donors (Lipinski definition) is 2. The SMILES string of the molecule is CCNC([SiH3])=C(Cl)NCC. The second kappa shape index (κ2) is 5.62. The molecule has 0 aromatic carbocycles. The van der Waals surface area contributed by atoms with Crippen molar-refractivity contribution in [3.63, 3.8) is 0 Å². The Morgan fingerprint density at radius 1 is 1.30 bits per heavy atom. The third kappa shape index (κ3) is 3.79. The van der Waals surface area contributed by atoms with Crippen LogP contribution in [0.15, 0.2) is 10.5 Å². The molecule has 0 rings (SSSR count). The van der Waals surface area contributed by atoms with Crippen LogP contribution in [0.4, 0.5) is 0 Å². The molecule has 2 nitrogen and oxygen atoms in total. The predicted molar refractivity (Wildman–Crippen MR) is 50.2 cm³/mol. The first kappa shape index (κ1) is 9.85. The molecule has 10 heavy (non-hydrogen) atoms. The lowest BCUT2D eigenvalue weighted by Gasteiger charge is -2.07.